The highest BCUT2D eigenvalue weighted by Crippen LogP contribution is 2.41. The molecule has 0 spiro atoms. The fourth-order valence-corrected chi connectivity index (χ4v) is 4.13. The van der Waals surface area contributed by atoms with Gasteiger partial charge in [-0.3, -0.25) is 9.48 Å². The second-order valence-electron chi connectivity index (χ2n) is 8.58. The fraction of sp³-hybridized carbons (Fsp3) is 0.455. The van der Waals surface area contributed by atoms with E-state index in [-0.39, 0.29) is 17.4 Å². The van der Waals surface area contributed by atoms with Gasteiger partial charge in [0.25, 0.3) is 0 Å². The number of rotatable bonds is 7. The Morgan fingerprint density at radius 3 is 2.77 bits per heavy atom. The lowest BCUT2D eigenvalue weighted by Gasteiger charge is -2.36. The maximum absolute atomic E-state index is 12.6. The number of aromatic nitrogens is 5. The molecule has 2 heterocycles. The Morgan fingerprint density at radius 2 is 2.07 bits per heavy atom. The summed E-state index contributed by atoms with van der Waals surface area (Å²) in [6.07, 6.45) is 8.06. The molecule has 0 saturated carbocycles. The molecule has 30 heavy (non-hydrogen) atoms. The molecule has 4 rings (SSSR count). The predicted octanol–water partition coefficient (Wildman–Crippen LogP) is 3.08. The minimum absolute atomic E-state index is 0.0328. The van der Waals surface area contributed by atoms with Crippen LogP contribution in [0.2, 0.25) is 0 Å². The van der Waals surface area contributed by atoms with Crippen LogP contribution in [0.15, 0.2) is 43.1 Å². The second kappa shape index (κ2) is 8.30. The summed E-state index contributed by atoms with van der Waals surface area (Å²) in [5.41, 5.74) is 3.32. The molecule has 0 saturated heterocycles. The van der Waals surface area contributed by atoms with Crippen molar-refractivity contribution in [1.29, 1.82) is 0 Å². The number of nitrogens with zero attached hydrogens (tertiary/aromatic N) is 5. The smallest absolute Gasteiger partial charge is 0.220 e. The average molecular weight is 409 g/mol. The van der Waals surface area contributed by atoms with E-state index in [9.17, 15) is 4.79 Å². The lowest BCUT2D eigenvalue weighted by Crippen LogP contribution is -2.36. The van der Waals surface area contributed by atoms with Crippen molar-refractivity contribution in [3.63, 3.8) is 0 Å². The second-order valence-corrected chi connectivity index (χ2v) is 8.58. The van der Waals surface area contributed by atoms with E-state index in [1.807, 2.05) is 35.1 Å². The van der Waals surface area contributed by atoms with Crippen LogP contribution < -0.4 is 10.1 Å². The van der Waals surface area contributed by atoms with Gasteiger partial charge in [-0.1, -0.05) is 13.8 Å². The van der Waals surface area contributed by atoms with Gasteiger partial charge in [0.05, 0.1) is 30.7 Å². The van der Waals surface area contributed by atoms with Crippen LogP contribution >= 0.6 is 0 Å². The first-order valence-corrected chi connectivity index (χ1v) is 10.3. The molecule has 3 aromatic rings. The van der Waals surface area contributed by atoms with Crippen molar-refractivity contribution < 1.29 is 9.53 Å². The van der Waals surface area contributed by atoms with Crippen LogP contribution in [0.4, 0.5) is 0 Å². The number of carbonyl (C=O) groups is 1. The SMILES string of the molecule is COc1ccc(-n2ncc3c2CC(C)(C)C[C@@H]3NC(=O)CCCn2cncn2)cc1. The third-order valence-corrected chi connectivity index (χ3v) is 5.59. The minimum atomic E-state index is -0.0328. The number of ether oxygens (including phenoxy) is 1. The summed E-state index contributed by atoms with van der Waals surface area (Å²) in [6, 6.07) is 7.85. The van der Waals surface area contributed by atoms with Crippen molar-refractivity contribution in [2.24, 2.45) is 5.41 Å². The monoisotopic (exact) mass is 408 g/mol. The van der Waals surface area contributed by atoms with Crippen LogP contribution in [0, 0.1) is 5.41 Å². The summed E-state index contributed by atoms with van der Waals surface area (Å²) in [5.74, 6) is 0.872. The van der Waals surface area contributed by atoms with Crippen LogP contribution in [-0.2, 0) is 17.8 Å². The van der Waals surface area contributed by atoms with Crippen LogP contribution in [-0.4, -0.2) is 37.6 Å². The quantitative estimate of drug-likeness (QED) is 0.649. The van der Waals surface area contributed by atoms with Crippen LogP contribution in [0.25, 0.3) is 5.69 Å². The third kappa shape index (κ3) is 4.37. The van der Waals surface area contributed by atoms with Gasteiger partial charge < -0.3 is 10.1 Å². The summed E-state index contributed by atoms with van der Waals surface area (Å²) in [5, 5.41) is 12.0. The average Bonchev–Trinajstić information content (AvgIpc) is 3.37. The van der Waals surface area contributed by atoms with E-state index in [0.29, 0.717) is 13.0 Å². The molecule has 0 bridgehead atoms. The van der Waals surface area contributed by atoms with Gasteiger partial charge in [-0.25, -0.2) is 9.67 Å². The Morgan fingerprint density at radius 1 is 1.27 bits per heavy atom. The van der Waals surface area contributed by atoms with E-state index in [1.54, 1.807) is 18.1 Å². The number of aryl methyl sites for hydroxylation is 1. The van der Waals surface area contributed by atoms with E-state index in [2.05, 4.69) is 34.3 Å². The lowest BCUT2D eigenvalue weighted by atomic mass is 9.74. The summed E-state index contributed by atoms with van der Waals surface area (Å²) in [4.78, 5) is 16.5. The van der Waals surface area contributed by atoms with Crippen LogP contribution in [0.3, 0.4) is 0 Å². The van der Waals surface area contributed by atoms with E-state index < -0.39 is 0 Å². The summed E-state index contributed by atoms with van der Waals surface area (Å²) in [6.45, 7) is 5.17. The van der Waals surface area contributed by atoms with E-state index >= 15 is 0 Å². The predicted molar refractivity (Wildman–Crippen MR) is 112 cm³/mol. The van der Waals surface area contributed by atoms with Gasteiger partial charge in [0.2, 0.25) is 5.91 Å². The summed E-state index contributed by atoms with van der Waals surface area (Å²) < 4.78 is 8.99. The molecule has 1 atom stereocenters. The van der Waals surface area contributed by atoms with Crippen molar-refractivity contribution >= 4 is 5.91 Å². The molecular weight excluding hydrogens is 380 g/mol. The number of amides is 1. The molecule has 0 fully saturated rings. The Labute approximate surface area is 176 Å². The first kappa shape index (κ1) is 20.1. The molecule has 1 aliphatic carbocycles. The molecule has 8 nitrogen and oxygen atoms in total. The minimum Gasteiger partial charge on any atom is -0.497 e. The number of methoxy groups -OCH3 is 1. The number of fused-ring (bicyclic) bond motifs is 1. The molecule has 0 unspecified atom stereocenters. The number of carbonyl (C=O) groups excluding carboxylic acids is 1. The molecule has 158 valence electrons. The van der Waals surface area contributed by atoms with Crippen molar-refractivity contribution in [2.45, 2.75) is 52.1 Å². The topological polar surface area (TPSA) is 86.9 Å². The number of hydrogen-bond acceptors (Lipinski definition) is 5. The van der Waals surface area contributed by atoms with E-state index in [0.717, 1.165) is 42.0 Å². The van der Waals surface area contributed by atoms with Gasteiger partial charge in [0.1, 0.15) is 18.4 Å². The maximum Gasteiger partial charge on any atom is 0.220 e. The van der Waals surface area contributed by atoms with Gasteiger partial charge in [0.15, 0.2) is 0 Å². The highest BCUT2D eigenvalue weighted by Gasteiger charge is 2.35. The Balaban J connectivity index is 1.48. The van der Waals surface area contributed by atoms with Gasteiger partial charge in [0, 0.05) is 18.5 Å². The molecule has 0 radical (unpaired) electrons. The highest BCUT2D eigenvalue weighted by molar-refractivity contribution is 5.76. The summed E-state index contributed by atoms with van der Waals surface area (Å²) in [7, 11) is 1.66. The number of nitrogens with one attached hydrogen (secondary N) is 1. The number of benzene rings is 1. The van der Waals surface area contributed by atoms with Crippen molar-refractivity contribution in [1.82, 2.24) is 29.9 Å². The molecule has 1 amide bonds. The normalized spacial score (nSPS) is 17.4. The van der Waals surface area contributed by atoms with Crippen molar-refractivity contribution in [3.05, 3.63) is 54.4 Å². The zero-order chi connectivity index (χ0) is 21.1. The van der Waals surface area contributed by atoms with Crippen molar-refractivity contribution in [2.75, 3.05) is 7.11 Å². The van der Waals surface area contributed by atoms with Crippen LogP contribution in [0.1, 0.15) is 50.4 Å². The molecule has 2 aromatic heterocycles. The van der Waals surface area contributed by atoms with Gasteiger partial charge >= 0.3 is 0 Å². The summed E-state index contributed by atoms with van der Waals surface area (Å²) >= 11 is 0. The zero-order valence-electron chi connectivity index (χ0n) is 17.7. The molecule has 1 N–H and O–H groups in total. The Bertz CT molecular complexity index is 991. The maximum atomic E-state index is 12.6. The highest BCUT2D eigenvalue weighted by atomic mass is 16.5. The zero-order valence-corrected chi connectivity index (χ0v) is 17.7. The lowest BCUT2D eigenvalue weighted by molar-refractivity contribution is -0.122. The molecule has 8 heteroatoms. The first-order valence-electron chi connectivity index (χ1n) is 10.3. The van der Waals surface area contributed by atoms with E-state index in [4.69, 9.17) is 4.74 Å². The van der Waals surface area contributed by atoms with Gasteiger partial charge in [-0.05, 0) is 48.9 Å². The largest absolute Gasteiger partial charge is 0.497 e. The standard InChI is InChI=1S/C22H28N6O2/c1-22(2)11-19(26-21(29)5-4-10-27-15-23-14-25-27)18-13-24-28(20(18)12-22)16-6-8-17(30-3)9-7-16/h6-9,13-15,19H,4-5,10-12H2,1-3H3,(H,26,29)/t19-/m0/s1. The van der Waals surface area contributed by atoms with Gasteiger partial charge in [-0.15, -0.1) is 0 Å². The molecule has 1 aromatic carbocycles. The van der Waals surface area contributed by atoms with E-state index in [1.165, 1.54) is 6.33 Å². The Hall–Kier alpha value is -3.16. The van der Waals surface area contributed by atoms with Gasteiger partial charge in [-0.2, -0.15) is 10.2 Å². The number of hydrogen-bond donors (Lipinski definition) is 1. The molecule has 0 aliphatic heterocycles. The van der Waals surface area contributed by atoms with Crippen LogP contribution in [0.5, 0.6) is 5.75 Å². The Kier molecular flexibility index (Phi) is 5.57. The van der Waals surface area contributed by atoms with Crippen molar-refractivity contribution in [3.8, 4) is 11.4 Å². The molecular formula is C22H28N6O2. The molecule has 1 aliphatic rings. The first-order chi connectivity index (χ1) is 14.4. The third-order valence-electron chi connectivity index (χ3n) is 5.59. The fourth-order valence-electron chi connectivity index (χ4n) is 4.13.